The zero-order valence-corrected chi connectivity index (χ0v) is 13.3. The number of benzene rings is 1. The van der Waals surface area contributed by atoms with E-state index in [-0.39, 0.29) is 12.1 Å². The summed E-state index contributed by atoms with van der Waals surface area (Å²) in [7, 11) is 0. The zero-order chi connectivity index (χ0) is 14.5. The molecule has 0 spiro atoms. The van der Waals surface area contributed by atoms with Crippen molar-refractivity contribution in [2.45, 2.75) is 38.8 Å². The van der Waals surface area contributed by atoms with Crippen molar-refractivity contribution in [2.24, 2.45) is 0 Å². The molecule has 0 aliphatic rings. The Labute approximate surface area is 127 Å². The average molecular weight is 338 g/mol. The fourth-order valence-corrected chi connectivity index (χ4v) is 2.71. The molecule has 2 aromatic rings. The topological polar surface area (TPSA) is 60.9 Å². The fourth-order valence-electron chi connectivity index (χ4n) is 2.33. The maximum absolute atomic E-state index is 10.1. The zero-order valence-electron chi connectivity index (χ0n) is 11.7. The van der Waals surface area contributed by atoms with Crippen LogP contribution in [0.2, 0.25) is 0 Å². The molecule has 0 aliphatic carbocycles. The van der Waals surface area contributed by atoms with Crippen LogP contribution in [0, 0.1) is 0 Å². The number of aromatic nitrogens is 2. The van der Waals surface area contributed by atoms with E-state index in [0.717, 1.165) is 28.7 Å². The number of aromatic amines is 1. The minimum Gasteiger partial charge on any atom is -0.508 e. The highest BCUT2D eigenvalue weighted by Crippen LogP contribution is 2.31. The van der Waals surface area contributed by atoms with Gasteiger partial charge in [0.05, 0.1) is 6.04 Å². The summed E-state index contributed by atoms with van der Waals surface area (Å²) >= 11 is 3.46. The maximum Gasteiger partial charge on any atom is 0.123 e. The summed E-state index contributed by atoms with van der Waals surface area (Å²) in [5, 5.41) is 13.6. The van der Waals surface area contributed by atoms with Gasteiger partial charge in [0, 0.05) is 28.5 Å². The molecule has 2 atom stereocenters. The molecule has 2 rings (SSSR count). The van der Waals surface area contributed by atoms with Crippen molar-refractivity contribution >= 4 is 15.9 Å². The van der Waals surface area contributed by atoms with Crippen molar-refractivity contribution in [2.75, 3.05) is 0 Å². The van der Waals surface area contributed by atoms with Gasteiger partial charge in [-0.05, 0) is 31.0 Å². The molecule has 0 saturated carbocycles. The SMILES string of the molecule is CCC(NC(CC)c1cc(Br)ccc1O)c1ncc[nH]1. The number of hydrogen-bond donors (Lipinski definition) is 3. The van der Waals surface area contributed by atoms with Gasteiger partial charge in [-0.3, -0.25) is 0 Å². The molecule has 1 heterocycles. The number of H-pyrrole nitrogens is 1. The molecule has 1 aromatic carbocycles. The molecule has 3 N–H and O–H groups in total. The Morgan fingerprint density at radius 1 is 1.30 bits per heavy atom. The first-order valence-electron chi connectivity index (χ1n) is 6.89. The van der Waals surface area contributed by atoms with Gasteiger partial charge in [0.1, 0.15) is 11.6 Å². The van der Waals surface area contributed by atoms with Gasteiger partial charge in [-0.1, -0.05) is 29.8 Å². The lowest BCUT2D eigenvalue weighted by Crippen LogP contribution is -2.26. The van der Waals surface area contributed by atoms with E-state index in [9.17, 15) is 5.11 Å². The molecule has 20 heavy (non-hydrogen) atoms. The third-order valence-electron chi connectivity index (χ3n) is 3.43. The lowest BCUT2D eigenvalue weighted by Gasteiger charge is -2.24. The summed E-state index contributed by atoms with van der Waals surface area (Å²) in [6.45, 7) is 4.22. The third-order valence-corrected chi connectivity index (χ3v) is 3.93. The highest BCUT2D eigenvalue weighted by molar-refractivity contribution is 9.10. The minimum atomic E-state index is 0.0857. The molecule has 2 unspecified atom stereocenters. The van der Waals surface area contributed by atoms with Gasteiger partial charge in [0.15, 0.2) is 0 Å². The Hall–Kier alpha value is -1.33. The number of aromatic hydroxyl groups is 1. The normalized spacial score (nSPS) is 14.2. The van der Waals surface area contributed by atoms with Crippen LogP contribution in [0.5, 0.6) is 5.75 Å². The van der Waals surface area contributed by atoms with E-state index in [2.05, 4.69) is 45.1 Å². The number of hydrogen-bond acceptors (Lipinski definition) is 3. The lowest BCUT2D eigenvalue weighted by atomic mass is 10.0. The first-order valence-corrected chi connectivity index (χ1v) is 7.68. The quantitative estimate of drug-likeness (QED) is 0.744. The predicted molar refractivity (Wildman–Crippen MR) is 83.6 cm³/mol. The Bertz CT molecular complexity index is 542. The smallest absolute Gasteiger partial charge is 0.123 e. The summed E-state index contributed by atoms with van der Waals surface area (Å²) in [5.74, 6) is 1.25. The highest BCUT2D eigenvalue weighted by Gasteiger charge is 2.20. The van der Waals surface area contributed by atoms with Gasteiger partial charge in [0.25, 0.3) is 0 Å². The molecule has 0 amide bonds. The van der Waals surface area contributed by atoms with Crippen molar-refractivity contribution in [1.82, 2.24) is 15.3 Å². The summed E-state index contributed by atoms with van der Waals surface area (Å²) in [6, 6.07) is 5.76. The van der Waals surface area contributed by atoms with Gasteiger partial charge < -0.3 is 15.4 Å². The van der Waals surface area contributed by atoms with Crippen LogP contribution in [-0.2, 0) is 0 Å². The Balaban J connectivity index is 2.21. The Kier molecular flexibility index (Phi) is 5.20. The van der Waals surface area contributed by atoms with E-state index in [1.807, 2.05) is 18.3 Å². The van der Waals surface area contributed by atoms with Crippen LogP contribution in [-0.4, -0.2) is 15.1 Å². The molecule has 108 valence electrons. The minimum absolute atomic E-state index is 0.0857. The van der Waals surface area contributed by atoms with Gasteiger partial charge in [0.2, 0.25) is 0 Å². The highest BCUT2D eigenvalue weighted by atomic mass is 79.9. The molecule has 0 bridgehead atoms. The van der Waals surface area contributed by atoms with Crippen LogP contribution in [0.3, 0.4) is 0 Å². The molecule has 0 fully saturated rings. The monoisotopic (exact) mass is 337 g/mol. The Morgan fingerprint density at radius 2 is 2.05 bits per heavy atom. The third kappa shape index (κ3) is 3.41. The largest absolute Gasteiger partial charge is 0.508 e. The van der Waals surface area contributed by atoms with Crippen molar-refractivity contribution in [1.29, 1.82) is 0 Å². The van der Waals surface area contributed by atoms with Crippen molar-refractivity contribution in [3.63, 3.8) is 0 Å². The lowest BCUT2D eigenvalue weighted by molar-refractivity contribution is 0.394. The second kappa shape index (κ2) is 6.90. The first-order chi connectivity index (χ1) is 9.65. The van der Waals surface area contributed by atoms with Gasteiger partial charge in [-0.15, -0.1) is 0 Å². The summed E-state index contributed by atoms with van der Waals surface area (Å²) in [4.78, 5) is 7.47. The number of phenolic OH excluding ortho intramolecular Hbond substituents is 1. The second-order valence-electron chi connectivity index (χ2n) is 4.77. The van der Waals surface area contributed by atoms with Crippen molar-refractivity contribution < 1.29 is 5.11 Å². The number of nitrogens with one attached hydrogen (secondary N) is 2. The number of phenols is 1. The first kappa shape index (κ1) is 15.1. The average Bonchev–Trinajstić information content (AvgIpc) is 2.97. The standard InChI is InChI=1S/C15H20BrN3O/c1-3-12(11-9-10(16)5-6-14(11)20)19-13(4-2)15-17-7-8-18-15/h5-9,12-13,19-20H,3-4H2,1-2H3,(H,17,18). The molecule has 4 nitrogen and oxygen atoms in total. The molecular weight excluding hydrogens is 318 g/mol. The molecule has 5 heteroatoms. The van der Waals surface area contributed by atoms with E-state index in [1.165, 1.54) is 0 Å². The molecule has 0 radical (unpaired) electrons. The number of halogens is 1. The number of imidazole rings is 1. The van der Waals surface area contributed by atoms with E-state index in [4.69, 9.17) is 0 Å². The molecule has 0 aliphatic heterocycles. The van der Waals surface area contributed by atoms with Crippen LogP contribution in [0.15, 0.2) is 35.1 Å². The van der Waals surface area contributed by atoms with Crippen LogP contribution >= 0.6 is 15.9 Å². The number of nitrogens with zero attached hydrogens (tertiary/aromatic N) is 1. The maximum atomic E-state index is 10.1. The van der Waals surface area contributed by atoms with E-state index < -0.39 is 0 Å². The van der Waals surface area contributed by atoms with Gasteiger partial charge in [-0.25, -0.2) is 4.98 Å². The Morgan fingerprint density at radius 3 is 2.65 bits per heavy atom. The van der Waals surface area contributed by atoms with Gasteiger partial charge >= 0.3 is 0 Å². The van der Waals surface area contributed by atoms with Crippen LogP contribution in [0.1, 0.15) is 50.2 Å². The summed E-state index contributed by atoms with van der Waals surface area (Å²) < 4.78 is 0.969. The van der Waals surface area contributed by atoms with E-state index in [0.29, 0.717) is 5.75 Å². The van der Waals surface area contributed by atoms with Crippen LogP contribution < -0.4 is 5.32 Å². The predicted octanol–water partition coefficient (Wildman–Crippen LogP) is 4.07. The molecular formula is C15H20BrN3O. The second-order valence-corrected chi connectivity index (χ2v) is 5.68. The van der Waals surface area contributed by atoms with Crippen LogP contribution in [0.25, 0.3) is 0 Å². The van der Waals surface area contributed by atoms with Gasteiger partial charge in [-0.2, -0.15) is 0 Å². The van der Waals surface area contributed by atoms with E-state index in [1.54, 1.807) is 12.3 Å². The molecule has 1 aromatic heterocycles. The summed E-state index contributed by atoms with van der Waals surface area (Å²) in [6.07, 6.45) is 5.41. The fraction of sp³-hybridized carbons (Fsp3) is 0.400. The number of rotatable bonds is 6. The molecule has 0 saturated heterocycles. The van der Waals surface area contributed by atoms with E-state index >= 15 is 0 Å². The van der Waals surface area contributed by atoms with Crippen LogP contribution in [0.4, 0.5) is 0 Å². The van der Waals surface area contributed by atoms with Crippen molar-refractivity contribution in [3.05, 3.63) is 46.5 Å². The summed E-state index contributed by atoms with van der Waals surface area (Å²) in [5.41, 5.74) is 0.909. The van der Waals surface area contributed by atoms with Crippen molar-refractivity contribution in [3.8, 4) is 5.75 Å².